The molecule has 23 heavy (non-hydrogen) atoms. The summed E-state index contributed by atoms with van der Waals surface area (Å²) in [6.45, 7) is 0. The van der Waals surface area contributed by atoms with Crippen LogP contribution in [0.4, 0.5) is 0 Å². The molecule has 2 nitrogen and oxygen atoms in total. The van der Waals surface area contributed by atoms with Gasteiger partial charge in [-0.05, 0) is 30.3 Å². The van der Waals surface area contributed by atoms with Crippen molar-refractivity contribution in [2.24, 2.45) is 0 Å². The van der Waals surface area contributed by atoms with E-state index in [-0.39, 0.29) is 0 Å². The summed E-state index contributed by atoms with van der Waals surface area (Å²) in [5, 5.41) is 3.78. The summed E-state index contributed by atoms with van der Waals surface area (Å²) in [6, 6.07) is 25.4. The third-order valence-electron chi connectivity index (χ3n) is 4.41. The highest BCUT2D eigenvalue weighted by molar-refractivity contribution is 9.10. The average Bonchev–Trinajstić information content (AvgIpc) is 3.10. The molecule has 1 N–H and O–H groups in total. The van der Waals surface area contributed by atoms with Crippen LogP contribution in [0.5, 0.6) is 0 Å². The maximum Gasteiger partial charge on any atom is 0.124 e. The molecule has 0 spiro atoms. The molecule has 0 aliphatic heterocycles. The van der Waals surface area contributed by atoms with Crippen LogP contribution in [0, 0.1) is 0 Å². The van der Waals surface area contributed by atoms with Gasteiger partial charge >= 0.3 is 0 Å². The van der Waals surface area contributed by atoms with E-state index in [4.69, 9.17) is 0 Å². The molecule has 3 heteroatoms. The number of hydrogen-bond donors (Lipinski definition) is 1. The molecule has 0 unspecified atom stereocenters. The molecule has 0 fully saturated rings. The zero-order valence-corrected chi connectivity index (χ0v) is 13.8. The summed E-state index contributed by atoms with van der Waals surface area (Å²) >= 11 is 3.72. The van der Waals surface area contributed by atoms with Gasteiger partial charge in [0.15, 0.2) is 0 Å². The maximum atomic E-state index is 3.72. The Kier molecular flexibility index (Phi) is 2.67. The summed E-state index contributed by atoms with van der Waals surface area (Å²) in [6.07, 6.45) is 0. The predicted octanol–water partition coefficient (Wildman–Crippen LogP) is 6.03. The number of H-pyrrole nitrogens is 1. The van der Waals surface area contributed by atoms with E-state index >= 15 is 0 Å². The third-order valence-corrected chi connectivity index (χ3v) is 5.07. The second kappa shape index (κ2) is 4.74. The Labute approximate surface area is 141 Å². The lowest BCUT2D eigenvalue weighted by atomic mass is 10.1. The molecule has 0 atom stereocenters. The Bertz CT molecular complexity index is 1170. The number of aromatic amines is 1. The van der Waals surface area contributed by atoms with Crippen LogP contribution < -0.4 is 0 Å². The Morgan fingerprint density at radius 3 is 2.39 bits per heavy atom. The number of benzene rings is 3. The Morgan fingerprint density at radius 1 is 0.739 bits per heavy atom. The summed E-state index contributed by atoms with van der Waals surface area (Å²) in [5.41, 5.74) is 4.68. The second-order valence-corrected chi connectivity index (χ2v) is 6.55. The van der Waals surface area contributed by atoms with E-state index in [1.54, 1.807) is 0 Å². The van der Waals surface area contributed by atoms with Crippen LogP contribution in [0.2, 0.25) is 0 Å². The zero-order chi connectivity index (χ0) is 15.4. The van der Waals surface area contributed by atoms with Crippen LogP contribution in [-0.4, -0.2) is 9.55 Å². The normalized spacial score (nSPS) is 11.7. The largest absolute Gasteiger partial charge is 0.340 e. The zero-order valence-electron chi connectivity index (χ0n) is 12.3. The smallest absolute Gasteiger partial charge is 0.124 e. The minimum atomic E-state index is 1.12. The lowest BCUT2D eigenvalue weighted by Gasteiger charge is -2.06. The van der Waals surface area contributed by atoms with Gasteiger partial charge in [-0.2, -0.15) is 0 Å². The highest BCUT2D eigenvalue weighted by Gasteiger charge is 2.17. The van der Waals surface area contributed by atoms with Gasteiger partial charge in [0.2, 0.25) is 0 Å². The Hall–Kier alpha value is -2.52. The first kappa shape index (κ1) is 13.0. The fourth-order valence-electron chi connectivity index (χ4n) is 3.47. The van der Waals surface area contributed by atoms with Crippen molar-refractivity contribution in [3.05, 3.63) is 77.3 Å². The highest BCUT2D eigenvalue weighted by Crippen LogP contribution is 2.39. The number of hydrogen-bond acceptors (Lipinski definition) is 0. The fraction of sp³-hybridized carbons (Fsp3) is 0. The number of nitrogens with zero attached hydrogens (tertiary/aromatic N) is 1. The van der Waals surface area contributed by atoms with E-state index in [2.05, 4.69) is 92.2 Å². The molecule has 3 aromatic carbocycles. The first-order chi connectivity index (χ1) is 11.3. The third kappa shape index (κ3) is 1.74. The fourth-order valence-corrected chi connectivity index (χ4v) is 4.03. The molecule has 2 heterocycles. The molecule has 0 radical (unpaired) electrons. The maximum absolute atomic E-state index is 3.72. The molecule has 2 aromatic heterocycles. The quantitative estimate of drug-likeness (QED) is 0.376. The van der Waals surface area contributed by atoms with E-state index in [9.17, 15) is 0 Å². The van der Waals surface area contributed by atoms with E-state index in [0.29, 0.717) is 0 Å². The van der Waals surface area contributed by atoms with E-state index < -0.39 is 0 Å². The van der Waals surface area contributed by atoms with Crippen LogP contribution in [0.25, 0.3) is 38.5 Å². The van der Waals surface area contributed by atoms with Crippen LogP contribution in [0.15, 0.2) is 77.3 Å². The van der Waals surface area contributed by atoms with Crippen molar-refractivity contribution in [1.29, 1.82) is 0 Å². The Balaban J connectivity index is 2.08. The summed E-state index contributed by atoms with van der Waals surface area (Å²) in [4.78, 5) is 3.61. The highest BCUT2D eigenvalue weighted by atomic mass is 79.9. The standard InChI is InChI=1S/C20H13BrN2/c21-15-10-6-11-16-19(15)18-14-9-4-5-12-17(14)23(20(18)22-16)13-7-2-1-3-8-13/h1-12,22H. The van der Waals surface area contributed by atoms with Crippen molar-refractivity contribution in [2.75, 3.05) is 0 Å². The number of para-hydroxylation sites is 2. The van der Waals surface area contributed by atoms with Crippen molar-refractivity contribution in [1.82, 2.24) is 9.55 Å². The summed E-state index contributed by atoms with van der Waals surface area (Å²) in [5.74, 6) is 0. The molecule has 5 aromatic rings. The number of aromatic nitrogens is 2. The van der Waals surface area contributed by atoms with Crippen molar-refractivity contribution in [3.63, 3.8) is 0 Å². The average molecular weight is 361 g/mol. The van der Waals surface area contributed by atoms with Gasteiger partial charge < -0.3 is 4.98 Å². The molecule has 0 bridgehead atoms. The summed E-state index contributed by atoms with van der Waals surface area (Å²) < 4.78 is 3.43. The van der Waals surface area contributed by atoms with E-state index in [1.165, 1.54) is 27.4 Å². The molecule has 0 aliphatic carbocycles. The van der Waals surface area contributed by atoms with Crippen molar-refractivity contribution in [3.8, 4) is 5.69 Å². The molecular formula is C20H13BrN2. The van der Waals surface area contributed by atoms with Crippen LogP contribution in [0.3, 0.4) is 0 Å². The predicted molar refractivity (Wildman–Crippen MR) is 100 cm³/mol. The minimum Gasteiger partial charge on any atom is -0.340 e. The molecular weight excluding hydrogens is 348 g/mol. The second-order valence-electron chi connectivity index (χ2n) is 5.70. The van der Waals surface area contributed by atoms with Gasteiger partial charge in [0, 0.05) is 31.8 Å². The number of rotatable bonds is 1. The van der Waals surface area contributed by atoms with Crippen LogP contribution in [0.1, 0.15) is 0 Å². The molecule has 5 rings (SSSR count). The first-order valence-electron chi connectivity index (χ1n) is 7.59. The van der Waals surface area contributed by atoms with Gasteiger partial charge in [0.05, 0.1) is 5.52 Å². The van der Waals surface area contributed by atoms with Gasteiger partial charge in [-0.1, -0.05) is 58.4 Å². The molecule has 110 valence electrons. The molecule has 0 saturated heterocycles. The topological polar surface area (TPSA) is 20.7 Å². The van der Waals surface area contributed by atoms with E-state index in [1.807, 2.05) is 6.07 Å². The van der Waals surface area contributed by atoms with E-state index in [0.717, 1.165) is 15.6 Å². The first-order valence-corrected chi connectivity index (χ1v) is 8.38. The van der Waals surface area contributed by atoms with Crippen LogP contribution in [-0.2, 0) is 0 Å². The minimum absolute atomic E-state index is 1.12. The van der Waals surface area contributed by atoms with Gasteiger partial charge in [-0.25, -0.2) is 0 Å². The molecule has 0 saturated carbocycles. The van der Waals surface area contributed by atoms with Gasteiger partial charge in [0.1, 0.15) is 5.65 Å². The van der Waals surface area contributed by atoms with Crippen LogP contribution >= 0.6 is 15.9 Å². The van der Waals surface area contributed by atoms with Gasteiger partial charge in [-0.15, -0.1) is 0 Å². The van der Waals surface area contributed by atoms with Crippen molar-refractivity contribution < 1.29 is 0 Å². The Morgan fingerprint density at radius 2 is 1.52 bits per heavy atom. The lowest BCUT2D eigenvalue weighted by Crippen LogP contribution is -1.93. The number of fused-ring (bicyclic) bond motifs is 5. The van der Waals surface area contributed by atoms with Gasteiger partial charge in [0.25, 0.3) is 0 Å². The van der Waals surface area contributed by atoms with Gasteiger partial charge in [-0.3, -0.25) is 4.57 Å². The number of nitrogens with one attached hydrogen (secondary N) is 1. The van der Waals surface area contributed by atoms with Crippen molar-refractivity contribution >= 4 is 48.8 Å². The van der Waals surface area contributed by atoms with Crippen molar-refractivity contribution in [2.45, 2.75) is 0 Å². The molecule has 0 amide bonds. The lowest BCUT2D eigenvalue weighted by molar-refractivity contribution is 1.15. The number of halogens is 1. The summed E-state index contributed by atoms with van der Waals surface area (Å²) in [7, 11) is 0. The monoisotopic (exact) mass is 360 g/mol. The SMILES string of the molecule is Brc1cccc2[nH]c3c(c4ccccc4n3-c3ccccc3)c12. The molecule has 0 aliphatic rings.